The zero-order valence-corrected chi connectivity index (χ0v) is 18.8. The number of aromatic nitrogens is 3. The smallest absolute Gasteiger partial charge is 0.234 e. The largest absolute Gasteiger partial charge is 0.490 e. The second kappa shape index (κ2) is 9.43. The predicted molar refractivity (Wildman–Crippen MR) is 121 cm³/mol. The molecule has 3 aromatic rings. The molecule has 0 atom stereocenters. The normalized spacial score (nSPS) is 13.0. The predicted octanol–water partition coefficient (Wildman–Crippen LogP) is 3.91. The van der Waals surface area contributed by atoms with Crippen molar-refractivity contribution in [2.45, 2.75) is 31.8 Å². The van der Waals surface area contributed by atoms with Crippen LogP contribution in [0.2, 0.25) is 0 Å². The van der Waals surface area contributed by atoms with Crippen LogP contribution in [0.25, 0.3) is 0 Å². The number of carbonyl (C=O) groups is 1. The lowest BCUT2D eigenvalue weighted by molar-refractivity contribution is -0.113. The quantitative estimate of drug-likeness (QED) is 0.588. The van der Waals surface area contributed by atoms with Gasteiger partial charge < -0.3 is 19.4 Å². The number of hydrogen-bond acceptors (Lipinski definition) is 6. The van der Waals surface area contributed by atoms with Gasteiger partial charge in [-0.1, -0.05) is 30.0 Å². The number of benzene rings is 2. The highest BCUT2D eigenvalue weighted by molar-refractivity contribution is 7.99. The Morgan fingerprint density at radius 2 is 1.94 bits per heavy atom. The van der Waals surface area contributed by atoms with Crippen molar-refractivity contribution in [3.05, 3.63) is 58.9 Å². The van der Waals surface area contributed by atoms with E-state index in [4.69, 9.17) is 9.47 Å². The van der Waals surface area contributed by atoms with Crippen LogP contribution in [0.5, 0.6) is 11.5 Å². The monoisotopic (exact) mass is 438 g/mol. The van der Waals surface area contributed by atoms with E-state index in [9.17, 15) is 4.79 Å². The lowest BCUT2D eigenvalue weighted by Gasteiger charge is -2.10. The molecular formula is C23H26N4O3S. The van der Waals surface area contributed by atoms with E-state index in [1.807, 2.05) is 61.9 Å². The minimum atomic E-state index is -0.0637. The number of anilines is 1. The van der Waals surface area contributed by atoms with Gasteiger partial charge in [-0.3, -0.25) is 4.79 Å². The summed E-state index contributed by atoms with van der Waals surface area (Å²) in [6.07, 6.45) is 1.50. The van der Waals surface area contributed by atoms with Gasteiger partial charge >= 0.3 is 0 Å². The van der Waals surface area contributed by atoms with E-state index >= 15 is 0 Å². The molecular weight excluding hydrogens is 412 g/mol. The second-order valence-electron chi connectivity index (χ2n) is 7.55. The minimum absolute atomic E-state index is 0.0637. The Kier molecular flexibility index (Phi) is 6.46. The van der Waals surface area contributed by atoms with Crippen LogP contribution in [0, 0.1) is 13.8 Å². The number of fused-ring (bicyclic) bond motifs is 1. The van der Waals surface area contributed by atoms with Crippen molar-refractivity contribution in [3.8, 4) is 11.5 Å². The molecule has 1 aromatic heterocycles. The fourth-order valence-electron chi connectivity index (χ4n) is 3.33. The molecule has 0 bridgehead atoms. The fraction of sp³-hybridized carbons (Fsp3) is 0.348. The van der Waals surface area contributed by atoms with E-state index in [1.165, 1.54) is 11.8 Å². The maximum Gasteiger partial charge on any atom is 0.234 e. The number of nitrogens with zero attached hydrogens (tertiary/aromatic N) is 3. The number of aryl methyl sites for hydroxylation is 1. The average molecular weight is 439 g/mol. The summed E-state index contributed by atoms with van der Waals surface area (Å²) in [6.45, 7) is 5.37. The summed E-state index contributed by atoms with van der Waals surface area (Å²) in [6, 6.07) is 11.9. The minimum Gasteiger partial charge on any atom is -0.490 e. The van der Waals surface area contributed by atoms with E-state index in [0.29, 0.717) is 24.8 Å². The van der Waals surface area contributed by atoms with Crippen molar-refractivity contribution in [2.75, 3.05) is 24.3 Å². The van der Waals surface area contributed by atoms with Crippen molar-refractivity contribution in [3.63, 3.8) is 0 Å². The number of hydrogen-bond donors (Lipinski definition) is 1. The topological polar surface area (TPSA) is 78.3 Å². The molecule has 162 valence electrons. The molecule has 4 rings (SSSR count). The van der Waals surface area contributed by atoms with Crippen LogP contribution in [0.15, 0.2) is 41.6 Å². The molecule has 2 heterocycles. The molecule has 0 saturated carbocycles. The van der Waals surface area contributed by atoms with Crippen molar-refractivity contribution >= 4 is 23.4 Å². The van der Waals surface area contributed by atoms with E-state index in [0.717, 1.165) is 46.1 Å². The van der Waals surface area contributed by atoms with Gasteiger partial charge in [0.2, 0.25) is 5.91 Å². The first kappa shape index (κ1) is 21.2. The molecule has 0 unspecified atom stereocenters. The highest BCUT2D eigenvalue weighted by atomic mass is 32.2. The van der Waals surface area contributed by atoms with Gasteiger partial charge in [-0.25, -0.2) is 0 Å². The molecule has 1 aliphatic heterocycles. The molecule has 31 heavy (non-hydrogen) atoms. The van der Waals surface area contributed by atoms with Gasteiger partial charge in [0.1, 0.15) is 5.82 Å². The van der Waals surface area contributed by atoms with Gasteiger partial charge in [0.25, 0.3) is 0 Å². The van der Waals surface area contributed by atoms with Crippen LogP contribution in [0.1, 0.15) is 28.9 Å². The summed E-state index contributed by atoms with van der Waals surface area (Å²) < 4.78 is 13.4. The Balaban J connectivity index is 1.38. The summed E-state index contributed by atoms with van der Waals surface area (Å²) in [5.74, 6) is 2.59. The Labute approximate surface area is 186 Å². The summed E-state index contributed by atoms with van der Waals surface area (Å²) in [5, 5.41) is 12.3. The van der Waals surface area contributed by atoms with Crippen LogP contribution >= 0.6 is 11.8 Å². The first-order chi connectivity index (χ1) is 15.0. The lowest BCUT2D eigenvalue weighted by Crippen LogP contribution is -2.15. The van der Waals surface area contributed by atoms with Crippen LogP contribution in [0.3, 0.4) is 0 Å². The molecule has 1 amide bonds. The number of carbonyl (C=O) groups excluding carboxylic acids is 1. The van der Waals surface area contributed by atoms with Crippen molar-refractivity contribution in [1.29, 1.82) is 0 Å². The van der Waals surface area contributed by atoms with Gasteiger partial charge in [-0.15, -0.1) is 10.2 Å². The first-order valence-electron chi connectivity index (χ1n) is 10.3. The standard InChI is InChI=1S/C23H26N4O3S/c1-15-6-4-7-18(16(15)2)24-22(28)14-31-23-26-25-21(27(23)3)13-17-8-9-19-20(12-17)30-11-5-10-29-19/h4,6-9,12H,5,10-11,13-14H2,1-3H3,(H,24,28). The second-order valence-corrected chi connectivity index (χ2v) is 8.49. The van der Waals surface area contributed by atoms with Crippen LogP contribution in [-0.2, 0) is 18.3 Å². The highest BCUT2D eigenvalue weighted by Crippen LogP contribution is 2.31. The Morgan fingerprint density at radius 3 is 2.77 bits per heavy atom. The number of rotatable bonds is 6. The zero-order valence-electron chi connectivity index (χ0n) is 18.0. The number of amides is 1. The van der Waals surface area contributed by atoms with Crippen molar-refractivity contribution in [2.24, 2.45) is 7.05 Å². The van der Waals surface area contributed by atoms with Gasteiger partial charge in [0.15, 0.2) is 16.7 Å². The molecule has 7 nitrogen and oxygen atoms in total. The van der Waals surface area contributed by atoms with Gasteiger partial charge in [-0.2, -0.15) is 0 Å². The third-order valence-corrected chi connectivity index (χ3v) is 6.33. The molecule has 1 aliphatic rings. The fourth-order valence-corrected chi connectivity index (χ4v) is 4.06. The first-order valence-corrected chi connectivity index (χ1v) is 11.3. The van der Waals surface area contributed by atoms with E-state index < -0.39 is 0 Å². The van der Waals surface area contributed by atoms with Crippen LogP contribution < -0.4 is 14.8 Å². The molecule has 0 saturated heterocycles. The number of thioether (sulfide) groups is 1. The van der Waals surface area contributed by atoms with E-state index in [2.05, 4.69) is 15.5 Å². The molecule has 0 radical (unpaired) electrons. The maximum absolute atomic E-state index is 12.4. The van der Waals surface area contributed by atoms with E-state index in [-0.39, 0.29) is 11.7 Å². The summed E-state index contributed by atoms with van der Waals surface area (Å²) in [5.41, 5.74) is 4.15. The highest BCUT2D eigenvalue weighted by Gasteiger charge is 2.15. The molecule has 0 fully saturated rings. The lowest BCUT2D eigenvalue weighted by atomic mass is 10.1. The molecule has 1 N–H and O–H groups in total. The number of nitrogens with one attached hydrogen (secondary N) is 1. The van der Waals surface area contributed by atoms with Crippen LogP contribution in [0.4, 0.5) is 5.69 Å². The third kappa shape index (κ3) is 5.02. The Hall–Kier alpha value is -3.00. The summed E-state index contributed by atoms with van der Waals surface area (Å²) >= 11 is 1.37. The average Bonchev–Trinajstić information content (AvgIpc) is 2.95. The van der Waals surface area contributed by atoms with E-state index in [1.54, 1.807) is 0 Å². The Morgan fingerprint density at radius 1 is 1.13 bits per heavy atom. The Bertz CT molecular complexity index is 1100. The summed E-state index contributed by atoms with van der Waals surface area (Å²) in [7, 11) is 1.92. The van der Waals surface area contributed by atoms with Crippen LogP contribution in [-0.4, -0.2) is 39.6 Å². The molecule has 0 aliphatic carbocycles. The van der Waals surface area contributed by atoms with Gasteiger partial charge in [0.05, 0.1) is 19.0 Å². The zero-order chi connectivity index (χ0) is 21.8. The maximum atomic E-state index is 12.4. The number of ether oxygens (including phenoxy) is 2. The van der Waals surface area contributed by atoms with Gasteiger partial charge in [-0.05, 0) is 48.7 Å². The SMILES string of the molecule is Cc1cccc(NC(=O)CSc2nnc(Cc3ccc4c(c3)OCCCO4)n2C)c1C. The molecule has 8 heteroatoms. The summed E-state index contributed by atoms with van der Waals surface area (Å²) in [4.78, 5) is 12.4. The molecule has 2 aromatic carbocycles. The van der Waals surface area contributed by atoms with Gasteiger partial charge in [0, 0.05) is 25.6 Å². The third-order valence-electron chi connectivity index (χ3n) is 5.31. The van der Waals surface area contributed by atoms with Crippen molar-refractivity contribution in [1.82, 2.24) is 14.8 Å². The van der Waals surface area contributed by atoms with Crippen molar-refractivity contribution < 1.29 is 14.3 Å². The molecule has 0 spiro atoms.